The Labute approximate surface area is 167 Å². The lowest BCUT2D eigenvalue weighted by Crippen LogP contribution is -2.31. The Morgan fingerprint density at radius 2 is 1.52 bits per heavy atom. The number of fused-ring (bicyclic) bond motifs is 1. The van der Waals surface area contributed by atoms with E-state index in [-0.39, 0.29) is 24.2 Å². The number of carbonyl (C=O) groups excluding carboxylic acids is 2. The van der Waals surface area contributed by atoms with E-state index in [0.717, 1.165) is 0 Å². The third kappa shape index (κ3) is 6.19. The van der Waals surface area contributed by atoms with Gasteiger partial charge in [-0.1, -0.05) is 6.58 Å². The number of carbonyl (C=O) groups is 2. The number of allylic oxidation sites excluding steroid dienone is 1. The van der Waals surface area contributed by atoms with Crippen molar-refractivity contribution >= 4 is 49.0 Å². The Hall–Kier alpha value is -2.61. The molecule has 1 aliphatic heterocycles. The van der Waals surface area contributed by atoms with Crippen molar-refractivity contribution < 1.29 is 35.5 Å². The van der Waals surface area contributed by atoms with Gasteiger partial charge in [0, 0.05) is 29.9 Å². The first kappa shape index (κ1) is 22.7. The Bertz CT molecular complexity index is 1120. The van der Waals surface area contributed by atoms with Crippen LogP contribution < -0.4 is 10.6 Å². The molecule has 0 atom stereocenters. The molecular weight excluding hydrogens is 426 g/mol. The molecule has 1 aromatic carbocycles. The number of rotatable bonds is 8. The highest BCUT2D eigenvalue weighted by Crippen LogP contribution is 2.37. The average Bonchev–Trinajstić information content (AvgIpc) is 2.86. The summed E-state index contributed by atoms with van der Waals surface area (Å²) in [7, 11) is -8.52. The van der Waals surface area contributed by atoms with Gasteiger partial charge < -0.3 is 10.6 Å². The van der Waals surface area contributed by atoms with Crippen LogP contribution in [0.15, 0.2) is 23.7 Å². The second-order valence-corrected chi connectivity index (χ2v) is 9.32. The molecule has 11 nitrogen and oxygen atoms in total. The number of aliphatic imine (C=N–C) groups is 1. The lowest BCUT2D eigenvalue weighted by molar-refractivity contribution is 0.0955. The van der Waals surface area contributed by atoms with Crippen molar-refractivity contribution in [3.8, 4) is 0 Å². The highest BCUT2D eigenvalue weighted by Gasteiger charge is 2.26. The number of nitrogens with zero attached hydrogens (tertiary/aromatic N) is 1. The molecule has 0 bridgehead atoms. The minimum absolute atomic E-state index is 0.00488. The first-order chi connectivity index (χ1) is 13.3. The van der Waals surface area contributed by atoms with Gasteiger partial charge in [-0.25, -0.2) is 0 Å². The molecule has 4 N–H and O–H groups in total. The van der Waals surface area contributed by atoms with Gasteiger partial charge in [-0.15, -0.1) is 0 Å². The van der Waals surface area contributed by atoms with Gasteiger partial charge in [0.05, 0.1) is 22.8 Å². The maximum atomic E-state index is 12.5. The van der Waals surface area contributed by atoms with Crippen LogP contribution in [0.2, 0.25) is 0 Å². The Morgan fingerprint density at radius 1 is 1.00 bits per heavy atom. The summed E-state index contributed by atoms with van der Waals surface area (Å²) in [6.07, 6.45) is 0. The van der Waals surface area contributed by atoms with E-state index in [0.29, 0.717) is 22.5 Å². The summed E-state index contributed by atoms with van der Waals surface area (Å²) in [6.45, 7) is 4.80. The zero-order chi connectivity index (χ0) is 22.0. The number of amides is 2. The van der Waals surface area contributed by atoms with Gasteiger partial charge in [-0.2, -0.15) is 16.8 Å². The number of benzene rings is 1. The fourth-order valence-corrected chi connectivity index (χ4v) is 3.28. The van der Waals surface area contributed by atoms with Crippen LogP contribution in [0.25, 0.3) is 5.57 Å². The van der Waals surface area contributed by atoms with Gasteiger partial charge >= 0.3 is 0 Å². The minimum Gasteiger partial charge on any atom is -0.351 e. The van der Waals surface area contributed by atoms with Crippen LogP contribution in [0.1, 0.15) is 33.2 Å². The molecule has 0 spiro atoms. The van der Waals surface area contributed by atoms with Gasteiger partial charge in [-0.3, -0.25) is 23.7 Å². The number of nitrogens with one attached hydrogen (secondary N) is 2. The molecule has 0 saturated heterocycles. The molecule has 1 aliphatic rings. The van der Waals surface area contributed by atoms with Crippen molar-refractivity contribution in [1.29, 1.82) is 0 Å². The summed E-state index contributed by atoms with van der Waals surface area (Å²) < 4.78 is 60.6. The third-order valence-corrected chi connectivity index (χ3v) is 5.38. The molecule has 29 heavy (non-hydrogen) atoms. The van der Waals surface area contributed by atoms with E-state index in [9.17, 15) is 26.4 Å². The summed E-state index contributed by atoms with van der Waals surface area (Å²) in [5, 5.41) is 4.64. The minimum atomic E-state index is -4.27. The van der Waals surface area contributed by atoms with Crippen molar-refractivity contribution in [3.63, 3.8) is 0 Å². The SMILES string of the molecule is C=C1C(C)=Nc2cc(C(=O)NCCS(=O)(=O)O)cc(C(=O)NCCS(=O)(=O)O)c21. The van der Waals surface area contributed by atoms with Crippen LogP contribution in [-0.2, 0) is 20.2 Å². The second-order valence-electron chi connectivity index (χ2n) is 6.18. The van der Waals surface area contributed by atoms with E-state index in [1.807, 2.05) is 0 Å². The molecule has 0 aromatic heterocycles. The zero-order valence-corrected chi connectivity index (χ0v) is 16.9. The average molecular weight is 445 g/mol. The van der Waals surface area contributed by atoms with E-state index in [2.05, 4.69) is 22.2 Å². The van der Waals surface area contributed by atoms with Crippen molar-refractivity contribution in [2.24, 2.45) is 4.99 Å². The van der Waals surface area contributed by atoms with Crippen LogP contribution in [0, 0.1) is 0 Å². The summed E-state index contributed by atoms with van der Waals surface area (Å²) in [5.41, 5.74) is 1.68. The van der Waals surface area contributed by atoms with Gasteiger partial charge in [0.2, 0.25) is 0 Å². The molecule has 1 aromatic rings. The maximum Gasteiger partial charge on any atom is 0.266 e. The summed E-state index contributed by atoms with van der Waals surface area (Å²) in [4.78, 5) is 29.1. The largest absolute Gasteiger partial charge is 0.351 e. The van der Waals surface area contributed by atoms with E-state index in [4.69, 9.17) is 9.11 Å². The first-order valence-electron chi connectivity index (χ1n) is 8.18. The quantitative estimate of drug-likeness (QED) is 0.405. The molecule has 0 saturated carbocycles. The van der Waals surface area contributed by atoms with Gasteiger partial charge in [-0.05, 0) is 24.6 Å². The van der Waals surface area contributed by atoms with Crippen LogP contribution in [0.4, 0.5) is 5.69 Å². The van der Waals surface area contributed by atoms with Crippen LogP contribution in [0.5, 0.6) is 0 Å². The molecule has 0 aliphatic carbocycles. The predicted octanol–water partition coefficient (Wildman–Crippen LogP) is 0.0410. The lowest BCUT2D eigenvalue weighted by atomic mass is 9.96. The normalized spacial score (nSPS) is 13.6. The Morgan fingerprint density at radius 3 is 2.03 bits per heavy atom. The molecule has 2 rings (SSSR count). The molecular formula is C16H19N3O8S2. The van der Waals surface area contributed by atoms with Crippen molar-refractivity contribution in [1.82, 2.24) is 10.6 Å². The molecule has 158 valence electrons. The fraction of sp³-hybridized carbons (Fsp3) is 0.312. The summed E-state index contributed by atoms with van der Waals surface area (Å²) in [6, 6.07) is 2.64. The number of hydrogen-bond acceptors (Lipinski definition) is 7. The molecule has 0 radical (unpaired) electrons. The maximum absolute atomic E-state index is 12.5. The molecule has 0 unspecified atom stereocenters. The Balaban J connectivity index is 2.30. The van der Waals surface area contributed by atoms with Gasteiger partial charge in [0.15, 0.2) is 0 Å². The third-order valence-electron chi connectivity index (χ3n) is 3.94. The van der Waals surface area contributed by atoms with Crippen LogP contribution in [-0.4, -0.2) is 68.1 Å². The highest BCUT2D eigenvalue weighted by molar-refractivity contribution is 7.86. The van der Waals surface area contributed by atoms with E-state index < -0.39 is 43.6 Å². The summed E-state index contributed by atoms with van der Waals surface area (Å²) in [5.74, 6) is -2.77. The first-order valence-corrected chi connectivity index (χ1v) is 11.4. The fourth-order valence-electron chi connectivity index (χ4n) is 2.56. The molecule has 0 fully saturated rings. The highest BCUT2D eigenvalue weighted by atomic mass is 32.2. The van der Waals surface area contributed by atoms with Gasteiger partial charge in [0.1, 0.15) is 0 Å². The van der Waals surface area contributed by atoms with Crippen molar-refractivity contribution in [2.75, 3.05) is 24.6 Å². The van der Waals surface area contributed by atoms with E-state index >= 15 is 0 Å². The standard InChI is InChI=1S/C16H19N3O8S2/c1-9-10(2)19-13-8-11(15(20)17-3-5-28(22,23)24)7-12(14(9)13)16(21)18-4-6-29(25,26)27/h7-8H,1,3-6H2,2H3,(H,17,20)(H,18,21)(H,22,23,24)(H,25,26,27). The molecule has 2 amide bonds. The lowest BCUT2D eigenvalue weighted by Gasteiger charge is -2.12. The molecule has 1 heterocycles. The van der Waals surface area contributed by atoms with Crippen molar-refractivity contribution in [2.45, 2.75) is 6.92 Å². The Kier molecular flexibility index (Phi) is 6.57. The van der Waals surface area contributed by atoms with E-state index in [1.165, 1.54) is 12.1 Å². The number of hydrogen-bond donors (Lipinski definition) is 4. The van der Waals surface area contributed by atoms with E-state index in [1.54, 1.807) is 6.92 Å². The van der Waals surface area contributed by atoms with Crippen LogP contribution in [0.3, 0.4) is 0 Å². The molecule has 13 heteroatoms. The van der Waals surface area contributed by atoms with Gasteiger partial charge in [0.25, 0.3) is 32.1 Å². The van der Waals surface area contributed by atoms with Crippen LogP contribution >= 0.6 is 0 Å². The monoisotopic (exact) mass is 445 g/mol. The zero-order valence-electron chi connectivity index (χ0n) is 15.3. The smallest absolute Gasteiger partial charge is 0.266 e. The van der Waals surface area contributed by atoms with Crippen molar-refractivity contribution in [3.05, 3.63) is 35.4 Å². The second kappa shape index (κ2) is 8.41. The predicted molar refractivity (Wildman–Crippen MR) is 106 cm³/mol. The summed E-state index contributed by atoms with van der Waals surface area (Å²) >= 11 is 0. The topological polar surface area (TPSA) is 179 Å².